The number of carboxylic acids is 2. The van der Waals surface area contributed by atoms with Gasteiger partial charge in [-0.1, -0.05) is 34.1 Å². The van der Waals surface area contributed by atoms with Crippen LogP contribution in [0.25, 0.3) is 0 Å². The second-order valence-electron chi connectivity index (χ2n) is 10.1. The number of aliphatic hydroxyl groups is 1. The van der Waals surface area contributed by atoms with E-state index in [2.05, 4.69) is 27.0 Å². The number of hydrogen-bond acceptors (Lipinski definition) is 8. The molecule has 15 heteroatoms. The molecule has 0 aliphatic heterocycles. The third kappa shape index (κ3) is 13.2. The maximum Gasteiger partial charge on any atom is 0.326 e. The summed E-state index contributed by atoms with van der Waals surface area (Å²) in [7, 11) is 0. The highest BCUT2D eigenvalue weighted by Crippen LogP contribution is 2.11. The third-order valence-electron chi connectivity index (χ3n) is 6.47. The van der Waals surface area contributed by atoms with Crippen LogP contribution in [0.3, 0.4) is 0 Å². The average molecular weight is 576 g/mol. The van der Waals surface area contributed by atoms with E-state index < -0.39 is 78.3 Å². The highest BCUT2D eigenvalue weighted by atomic mass is 16.4. The molecule has 0 rings (SSSR count). The summed E-state index contributed by atoms with van der Waals surface area (Å²) < 4.78 is 0. The van der Waals surface area contributed by atoms with Gasteiger partial charge in [-0.3, -0.25) is 24.0 Å². The predicted molar refractivity (Wildman–Crippen MR) is 143 cm³/mol. The minimum Gasteiger partial charge on any atom is -0.481 e. The van der Waals surface area contributed by atoms with Gasteiger partial charge in [-0.2, -0.15) is 0 Å². The molecule has 230 valence electrons. The number of nitrogens with two attached hydrogens (primary N) is 1. The zero-order valence-electron chi connectivity index (χ0n) is 23.8. The first-order valence-electron chi connectivity index (χ1n) is 13.5. The van der Waals surface area contributed by atoms with E-state index in [1.165, 1.54) is 0 Å². The summed E-state index contributed by atoms with van der Waals surface area (Å²) in [4.78, 5) is 73.7. The van der Waals surface area contributed by atoms with Gasteiger partial charge in [0.2, 0.25) is 23.6 Å². The molecule has 6 atom stereocenters. The van der Waals surface area contributed by atoms with Crippen molar-refractivity contribution in [1.82, 2.24) is 21.3 Å². The van der Waals surface area contributed by atoms with Crippen LogP contribution in [0.5, 0.6) is 0 Å². The number of quaternary nitrogens is 1. The third-order valence-corrected chi connectivity index (χ3v) is 6.47. The molecule has 40 heavy (non-hydrogen) atoms. The van der Waals surface area contributed by atoms with E-state index in [1.54, 1.807) is 27.7 Å². The monoisotopic (exact) mass is 575 g/mol. The van der Waals surface area contributed by atoms with Crippen molar-refractivity contribution in [2.45, 2.75) is 96.4 Å². The van der Waals surface area contributed by atoms with E-state index in [0.29, 0.717) is 25.8 Å². The SMILES string of the molecule is CC[C@H](C)[C@H](NC(=O)[C@H](CCCC[NH3+])NC(=O)[C@@H](NC(=O)[C@H](CO)NC(=O)[C@@H](N)CCC(=O)O)C(C)C)C(=O)O. The maximum absolute atomic E-state index is 13.2. The lowest BCUT2D eigenvalue weighted by molar-refractivity contribution is -0.368. The summed E-state index contributed by atoms with van der Waals surface area (Å²) in [5, 5.41) is 37.7. The number of carbonyl (C=O) groups is 6. The fraction of sp³-hybridized carbons (Fsp3) is 0.760. The van der Waals surface area contributed by atoms with Crippen LogP contribution in [0.1, 0.15) is 66.2 Å². The Kier molecular flexibility index (Phi) is 17.3. The lowest BCUT2D eigenvalue weighted by Gasteiger charge is -2.28. The summed E-state index contributed by atoms with van der Waals surface area (Å²) in [6, 6.07) is -6.11. The molecule has 0 aliphatic rings. The quantitative estimate of drug-likeness (QED) is 0.0678. The van der Waals surface area contributed by atoms with Crippen LogP contribution < -0.4 is 32.7 Å². The standard InChI is InChI=1S/C25H46N6O9/c1-5-14(4)20(25(39)40)31-22(36)16(8-6-7-11-26)28-24(38)19(13(2)3)30-23(37)17(12-32)29-21(35)15(27)9-10-18(33)34/h13-17,19-20,32H,5-12,26-27H2,1-4H3,(H,28,38)(H,29,35)(H,30,37)(H,31,36)(H,33,34)(H,39,40)/p+1/t14-,15-,16-,17-,19-,20-/m0/s1. The van der Waals surface area contributed by atoms with E-state index in [-0.39, 0.29) is 25.2 Å². The molecule has 0 aliphatic carbocycles. The van der Waals surface area contributed by atoms with Crippen LogP contribution in [-0.2, 0) is 28.8 Å². The van der Waals surface area contributed by atoms with Gasteiger partial charge in [-0.05, 0) is 37.5 Å². The van der Waals surface area contributed by atoms with Crippen molar-refractivity contribution in [1.29, 1.82) is 0 Å². The van der Waals surface area contributed by atoms with E-state index in [4.69, 9.17) is 10.8 Å². The van der Waals surface area contributed by atoms with Gasteiger partial charge < -0.3 is 48.1 Å². The van der Waals surface area contributed by atoms with Crippen molar-refractivity contribution in [2.75, 3.05) is 13.2 Å². The summed E-state index contributed by atoms with van der Waals surface area (Å²) in [6.45, 7) is 6.54. The van der Waals surface area contributed by atoms with E-state index in [9.17, 15) is 39.0 Å². The van der Waals surface area contributed by atoms with Crippen molar-refractivity contribution >= 4 is 35.6 Å². The number of amides is 4. The van der Waals surface area contributed by atoms with Gasteiger partial charge >= 0.3 is 11.9 Å². The normalized spacial score (nSPS) is 15.6. The summed E-state index contributed by atoms with van der Waals surface area (Å²) in [5.74, 6) is -6.31. The molecule has 0 bridgehead atoms. The van der Waals surface area contributed by atoms with Crippen molar-refractivity contribution in [2.24, 2.45) is 17.6 Å². The Morgan fingerprint density at radius 3 is 1.80 bits per heavy atom. The zero-order chi connectivity index (χ0) is 31.0. The Balaban J connectivity index is 5.60. The maximum atomic E-state index is 13.2. The fourth-order valence-corrected chi connectivity index (χ4v) is 3.66. The van der Waals surface area contributed by atoms with Gasteiger partial charge in [-0.25, -0.2) is 4.79 Å². The van der Waals surface area contributed by atoms with Gasteiger partial charge in [0.05, 0.1) is 19.2 Å². The first-order valence-corrected chi connectivity index (χ1v) is 13.5. The second kappa shape index (κ2) is 18.9. The highest BCUT2D eigenvalue weighted by Gasteiger charge is 2.33. The molecular formula is C25H47N6O9+. The molecule has 0 saturated heterocycles. The molecule has 0 fully saturated rings. The molecule has 0 aromatic carbocycles. The molecule has 12 N–H and O–H groups in total. The van der Waals surface area contributed by atoms with Crippen LogP contribution in [0.15, 0.2) is 0 Å². The Morgan fingerprint density at radius 2 is 1.32 bits per heavy atom. The fourth-order valence-electron chi connectivity index (χ4n) is 3.66. The Morgan fingerprint density at radius 1 is 0.775 bits per heavy atom. The topological polar surface area (TPSA) is 265 Å². The first kappa shape index (κ1) is 36.7. The van der Waals surface area contributed by atoms with Gasteiger partial charge in [-0.15, -0.1) is 0 Å². The van der Waals surface area contributed by atoms with Gasteiger partial charge in [0.25, 0.3) is 0 Å². The number of carbonyl (C=O) groups excluding carboxylic acids is 4. The number of hydrogen-bond donors (Lipinski definition) is 9. The molecule has 0 aromatic heterocycles. The minimum absolute atomic E-state index is 0.185. The van der Waals surface area contributed by atoms with E-state index in [1.807, 2.05) is 0 Å². The van der Waals surface area contributed by atoms with Crippen molar-refractivity contribution in [3.63, 3.8) is 0 Å². The minimum atomic E-state index is -1.47. The molecule has 15 nitrogen and oxygen atoms in total. The summed E-state index contributed by atoms with van der Waals surface area (Å²) in [6.07, 6.45) is 1.36. The molecule has 4 amide bonds. The molecule has 0 aromatic rings. The van der Waals surface area contributed by atoms with Gasteiger partial charge in [0.15, 0.2) is 0 Å². The number of unbranched alkanes of at least 4 members (excludes halogenated alkanes) is 1. The number of carboxylic acid groups (broad SMARTS) is 2. The summed E-state index contributed by atoms with van der Waals surface area (Å²) >= 11 is 0. The lowest BCUT2D eigenvalue weighted by Crippen LogP contribution is -2.60. The predicted octanol–water partition coefficient (Wildman–Crippen LogP) is -2.69. The molecule has 0 heterocycles. The number of aliphatic carboxylic acids is 2. The van der Waals surface area contributed by atoms with Gasteiger partial charge in [0.1, 0.15) is 24.2 Å². The lowest BCUT2D eigenvalue weighted by atomic mass is 9.98. The number of aliphatic hydroxyl groups excluding tert-OH is 1. The molecule has 0 unspecified atom stereocenters. The largest absolute Gasteiger partial charge is 0.481 e. The Hall–Kier alpha value is -3.30. The van der Waals surface area contributed by atoms with Gasteiger partial charge in [0, 0.05) is 6.42 Å². The molecule has 0 spiro atoms. The molecule has 0 saturated carbocycles. The van der Waals surface area contributed by atoms with Crippen LogP contribution in [0.4, 0.5) is 0 Å². The van der Waals surface area contributed by atoms with Crippen LogP contribution >= 0.6 is 0 Å². The second-order valence-corrected chi connectivity index (χ2v) is 10.1. The summed E-state index contributed by atoms with van der Waals surface area (Å²) in [5.41, 5.74) is 9.40. The number of nitrogens with one attached hydrogen (secondary N) is 4. The van der Waals surface area contributed by atoms with Crippen molar-refractivity contribution < 1.29 is 49.8 Å². The Bertz CT molecular complexity index is 870. The molecule has 0 radical (unpaired) electrons. The molecular weight excluding hydrogens is 528 g/mol. The van der Waals surface area contributed by atoms with E-state index >= 15 is 0 Å². The van der Waals surface area contributed by atoms with Crippen molar-refractivity contribution in [3.8, 4) is 0 Å². The average Bonchev–Trinajstić information content (AvgIpc) is 2.89. The Labute approximate surface area is 234 Å². The van der Waals surface area contributed by atoms with Crippen molar-refractivity contribution in [3.05, 3.63) is 0 Å². The van der Waals surface area contributed by atoms with E-state index in [0.717, 1.165) is 0 Å². The highest BCUT2D eigenvalue weighted by molar-refractivity contribution is 5.95. The van der Waals surface area contributed by atoms with Crippen LogP contribution in [0, 0.1) is 11.8 Å². The van der Waals surface area contributed by atoms with Crippen LogP contribution in [0.2, 0.25) is 0 Å². The van der Waals surface area contributed by atoms with Crippen LogP contribution in [-0.4, -0.2) is 94.2 Å². The zero-order valence-corrected chi connectivity index (χ0v) is 23.8. The number of rotatable bonds is 20. The first-order chi connectivity index (χ1) is 18.7. The smallest absolute Gasteiger partial charge is 0.326 e.